The highest BCUT2D eigenvalue weighted by Gasteiger charge is 2.40. The van der Waals surface area contributed by atoms with Crippen molar-refractivity contribution in [3.63, 3.8) is 0 Å². The maximum absolute atomic E-state index is 14.6. The predicted molar refractivity (Wildman–Crippen MR) is 163 cm³/mol. The Kier molecular flexibility index (Phi) is 7.86. The Hall–Kier alpha value is -4.97. The van der Waals surface area contributed by atoms with E-state index in [1.165, 1.54) is 27.8 Å². The molecule has 4 saturated heterocycles. The number of hydrogen-bond acceptors (Lipinski definition) is 11. The molecule has 0 aliphatic carbocycles. The number of amides is 1. The summed E-state index contributed by atoms with van der Waals surface area (Å²) < 4.78 is 62.2. The summed E-state index contributed by atoms with van der Waals surface area (Å²) in [5, 5.41) is 28.2. The Morgan fingerprint density at radius 2 is 1.83 bits per heavy atom. The molecule has 3 aromatic heterocycles. The van der Waals surface area contributed by atoms with Crippen molar-refractivity contribution in [3.05, 3.63) is 69.7 Å². The number of nitrogens with one attached hydrogen (secondary N) is 1. The van der Waals surface area contributed by atoms with Gasteiger partial charge in [0.2, 0.25) is 11.7 Å². The van der Waals surface area contributed by atoms with E-state index in [-0.39, 0.29) is 79.5 Å². The van der Waals surface area contributed by atoms with Gasteiger partial charge in [-0.1, -0.05) is 0 Å². The number of rotatable bonds is 7. The molecule has 1 aromatic carbocycles. The average molecular weight is 674 g/mol. The van der Waals surface area contributed by atoms with Crippen molar-refractivity contribution in [3.8, 4) is 5.75 Å². The van der Waals surface area contributed by atoms with Crippen LogP contribution < -0.4 is 20.7 Å². The third-order valence-corrected chi connectivity index (χ3v) is 8.85. The van der Waals surface area contributed by atoms with Gasteiger partial charge in [-0.2, -0.15) is 22.7 Å². The van der Waals surface area contributed by atoms with Crippen molar-refractivity contribution >= 4 is 29.0 Å². The van der Waals surface area contributed by atoms with Crippen molar-refractivity contribution in [1.82, 2.24) is 29.0 Å². The number of hydrogen-bond donors (Lipinski definition) is 3. The van der Waals surface area contributed by atoms with Crippen LogP contribution in [0.3, 0.4) is 0 Å². The highest BCUT2D eigenvalue weighted by atomic mass is 19.4. The van der Waals surface area contributed by atoms with E-state index in [0.717, 1.165) is 17.0 Å². The maximum atomic E-state index is 14.6. The summed E-state index contributed by atoms with van der Waals surface area (Å²) in [5.74, 6) is -1.50. The lowest BCUT2D eigenvalue weighted by atomic mass is 9.99. The van der Waals surface area contributed by atoms with E-state index in [9.17, 15) is 37.4 Å². The van der Waals surface area contributed by atoms with Gasteiger partial charge in [0.25, 0.3) is 11.5 Å². The van der Waals surface area contributed by atoms with Crippen LogP contribution in [0.4, 0.5) is 34.9 Å². The summed E-state index contributed by atoms with van der Waals surface area (Å²) in [5.41, 5.74) is -1.43. The minimum absolute atomic E-state index is 0.0307. The van der Waals surface area contributed by atoms with Gasteiger partial charge < -0.3 is 39.5 Å². The molecule has 8 rings (SSSR count). The zero-order valence-corrected chi connectivity index (χ0v) is 25.6. The van der Waals surface area contributed by atoms with Gasteiger partial charge in [0, 0.05) is 57.6 Å². The van der Waals surface area contributed by atoms with E-state index in [1.54, 1.807) is 11.8 Å². The fourth-order valence-electron chi connectivity index (χ4n) is 6.42. The molecule has 14 nitrogen and oxygen atoms in total. The van der Waals surface area contributed by atoms with Crippen molar-refractivity contribution in [2.75, 3.05) is 54.4 Å². The van der Waals surface area contributed by atoms with Gasteiger partial charge in [-0.25, -0.2) is 9.37 Å². The molecule has 4 aromatic rings. The zero-order chi connectivity index (χ0) is 33.9. The first-order valence-corrected chi connectivity index (χ1v) is 15.3. The molecule has 3 unspecified atom stereocenters. The Morgan fingerprint density at radius 1 is 1.12 bits per heavy atom. The first-order chi connectivity index (χ1) is 22.9. The summed E-state index contributed by atoms with van der Waals surface area (Å²) in [6.45, 7) is 3.35. The lowest BCUT2D eigenvalue weighted by molar-refractivity contribution is -0.137. The molecule has 3 N–H and O–H groups in total. The molecule has 48 heavy (non-hydrogen) atoms. The summed E-state index contributed by atoms with van der Waals surface area (Å²) >= 11 is 0. The molecule has 0 spiro atoms. The number of nitrogens with zero attached hydrogens (tertiary/aromatic N) is 8. The summed E-state index contributed by atoms with van der Waals surface area (Å²) in [6.07, 6.45) is -3.87. The number of alkyl halides is 3. The van der Waals surface area contributed by atoms with Crippen molar-refractivity contribution in [2.45, 2.75) is 44.5 Å². The molecule has 254 valence electrons. The SMILES string of the molecule is Cc1c(N2CCN(C(=O)c3ncccc3O)CC2)c(=O)n2nc(N3CC4CC(C3)O4)nc2n1CC(O)Nc1ccc(C(F)(F)F)cc1F. The molecule has 4 aliphatic heterocycles. The van der Waals surface area contributed by atoms with E-state index in [1.807, 2.05) is 4.90 Å². The number of aliphatic hydroxyl groups is 1. The predicted octanol–water partition coefficient (Wildman–Crippen LogP) is 1.83. The van der Waals surface area contributed by atoms with E-state index in [0.29, 0.717) is 30.9 Å². The fourth-order valence-corrected chi connectivity index (χ4v) is 6.42. The van der Waals surface area contributed by atoms with Crippen LogP contribution in [0.1, 0.15) is 28.2 Å². The molecule has 4 fully saturated rings. The van der Waals surface area contributed by atoms with Gasteiger partial charge in [0.05, 0.1) is 30.0 Å². The maximum Gasteiger partial charge on any atom is 0.416 e. The molecule has 4 aliphatic rings. The minimum atomic E-state index is -4.74. The Labute approximate surface area is 269 Å². The lowest BCUT2D eigenvalue weighted by Gasteiger charge is -2.46. The van der Waals surface area contributed by atoms with Crippen molar-refractivity contribution in [1.29, 1.82) is 0 Å². The van der Waals surface area contributed by atoms with Crippen LogP contribution in [0, 0.1) is 12.7 Å². The molecular weight excluding hydrogens is 642 g/mol. The first kappa shape index (κ1) is 31.6. The number of aromatic nitrogens is 5. The topological polar surface area (TPSA) is 154 Å². The molecule has 1 amide bonds. The number of morpholine rings is 1. The highest BCUT2D eigenvalue weighted by Crippen LogP contribution is 2.32. The number of aromatic hydroxyl groups is 1. The smallest absolute Gasteiger partial charge is 0.416 e. The number of piperazine rings is 1. The molecule has 18 heteroatoms. The molecule has 0 radical (unpaired) electrons. The molecule has 7 heterocycles. The Balaban J connectivity index is 1.19. The number of carbonyl (C=O) groups excluding carboxylic acids is 1. The number of piperidine rings is 1. The first-order valence-electron chi connectivity index (χ1n) is 15.3. The van der Waals surface area contributed by atoms with E-state index >= 15 is 0 Å². The van der Waals surface area contributed by atoms with Crippen LogP contribution >= 0.6 is 0 Å². The molecule has 2 bridgehead atoms. The standard InChI is InChI=1S/C30H31F4N9O5/c1-16-25(39-7-9-40(10-8-39)26(46)24-22(44)3-2-6-35-24)27(47)43-29(37-28(38-43)41-13-18-12-19(14-41)48-18)42(16)15-23(45)36-21-5-4-17(11-20(21)31)30(32,33)34/h2-6,11,18-19,23,36,44-45H,7-10,12-15H2,1H3. The quantitative estimate of drug-likeness (QED) is 0.195. The Bertz CT molecular complexity index is 1930. The van der Waals surface area contributed by atoms with Crippen molar-refractivity contribution in [2.24, 2.45) is 0 Å². The second kappa shape index (κ2) is 11.9. The number of ether oxygens (including phenoxy) is 1. The van der Waals surface area contributed by atoms with E-state index < -0.39 is 35.3 Å². The van der Waals surface area contributed by atoms with Crippen LogP contribution in [0.15, 0.2) is 41.3 Å². The van der Waals surface area contributed by atoms with E-state index in [4.69, 9.17) is 4.74 Å². The molecule has 0 saturated carbocycles. The van der Waals surface area contributed by atoms with Crippen LogP contribution in [0.5, 0.6) is 5.75 Å². The third kappa shape index (κ3) is 5.74. The van der Waals surface area contributed by atoms with Crippen molar-refractivity contribution < 1.29 is 37.3 Å². The van der Waals surface area contributed by atoms with Crippen LogP contribution in [-0.2, 0) is 17.5 Å². The van der Waals surface area contributed by atoms with Crippen LogP contribution in [-0.4, -0.2) is 103 Å². The number of halogens is 4. The zero-order valence-electron chi connectivity index (χ0n) is 25.6. The number of fused-ring (bicyclic) bond motifs is 3. The lowest BCUT2D eigenvalue weighted by Crippen LogP contribution is -2.57. The Morgan fingerprint density at radius 3 is 2.48 bits per heavy atom. The fraction of sp³-hybridized carbons (Fsp3) is 0.433. The number of pyridine rings is 1. The van der Waals surface area contributed by atoms with Gasteiger partial charge in [-0.3, -0.25) is 9.59 Å². The summed E-state index contributed by atoms with van der Waals surface area (Å²) in [7, 11) is 0. The number of anilines is 3. The largest absolute Gasteiger partial charge is 0.505 e. The van der Waals surface area contributed by atoms with Gasteiger partial charge in [0.15, 0.2) is 5.69 Å². The second-order valence-electron chi connectivity index (χ2n) is 12.0. The summed E-state index contributed by atoms with van der Waals surface area (Å²) in [4.78, 5) is 40.9. The normalized spacial score (nSPS) is 20.2. The van der Waals surface area contributed by atoms with Gasteiger partial charge >= 0.3 is 6.18 Å². The summed E-state index contributed by atoms with van der Waals surface area (Å²) in [6, 6.07) is 4.83. The number of carbonyl (C=O) groups is 1. The second-order valence-corrected chi connectivity index (χ2v) is 12.0. The molecular formula is C30H31F4N9O5. The number of aliphatic hydroxyl groups excluding tert-OH is 1. The van der Waals surface area contributed by atoms with Crippen LogP contribution in [0.2, 0.25) is 0 Å². The van der Waals surface area contributed by atoms with Gasteiger partial charge in [-0.15, -0.1) is 5.10 Å². The third-order valence-electron chi connectivity index (χ3n) is 8.85. The average Bonchev–Trinajstić information content (AvgIpc) is 3.50. The molecule has 3 atom stereocenters. The van der Waals surface area contributed by atoms with Gasteiger partial charge in [0.1, 0.15) is 23.5 Å². The minimum Gasteiger partial charge on any atom is -0.505 e. The highest BCUT2D eigenvalue weighted by molar-refractivity contribution is 5.95. The van der Waals surface area contributed by atoms with Crippen LogP contribution in [0.25, 0.3) is 5.78 Å². The van der Waals surface area contributed by atoms with Gasteiger partial charge in [-0.05, 0) is 37.3 Å². The monoisotopic (exact) mass is 673 g/mol. The number of benzene rings is 1. The van der Waals surface area contributed by atoms with E-state index in [2.05, 4.69) is 20.4 Å².